The van der Waals surface area contributed by atoms with E-state index < -0.39 is 11.4 Å². The summed E-state index contributed by atoms with van der Waals surface area (Å²) in [6.45, 7) is 1.72. The summed E-state index contributed by atoms with van der Waals surface area (Å²) in [4.78, 5) is 26.5. The van der Waals surface area contributed by atoms with Gasteiger partial charge < -0.3 is 5.73 Å². The van der Waals surface area contributed by atoms with Crippen LogP contribution in [0.25, 0.3) is 5.82 Å². The molecule has 0 aliphatic rings. The van der Waals surface area contributed by atoms with Gasteiger partial charge in [-0.1, -0.05) is 0 Å². The van der Waals surface area contributed by atoms with E-state index in [-0.39, 0.29) is 5.82 Å². The minimum absolute atomic E-state index is 0.275. The van der Waals surface area contributed by atoms with Crippen molar-refractivity contribution in [1.82, 2.24) is 19.7 Å². The lowest BCUT2D eigenvalue weighted by atomic mass is 10.2. The Kier molecular flexibility index (Phi) is 1.93. The number of hydrogen-bond donors (Lipinski definition) is 3. The van der Waals surface area contributed by atoms with Gasteiger partial charge >= 0.3 is 11.4 Å². The predicted molar refractivity (Wildman–Crippen MR) is 54.0 cm³/mol. The maximum atomic E-state index is 11.3. The molecule has 0 spiro atoms. The van der Waals surface area contributed by atoms with Crippen molar-refractivity contribution in [2.75, 3.05) is 5.73 Å². The number of nitrogens with two attached hydrogens (primary N) is 1. The molecule has 0 unspecified atom stereocenters. The summed E-state index contributed by atoms with van der Waals surface area (Å²) in [5, 5.41) is 4.35. The number of aryl methyl sites for hydroxylation is 1. The fourth-order valence-corrected chi connectivity index (χ4v) is 1.33. The normalized spacial score (nSPS) is 10.5. The minimum Gasteiger partial charge on any atom is -0.397 e. The molecule has 15 heavy (non-hydrogen) atoms. The number of nitrogens with one attached hydrogen (secondary N) is 2. The number of aromatic amines is 2. The van der Waals surface area contributed by atoms with Crippen LogP contribution in [-0.4, -0.2) is 19.7 Å². The summed E-state index contributed by atoms with van der Waals surface area (Å²) < 4.78 is 0.911. The van der Waals surface area contributed by atoms with Crippen molar-refractivity contribution in [2.45, 2.75) is 6.92 Å². The highest BCUT2D eigenvalue weighted by molar-refractivity contribution is 5.44. The number of rotatable bonds is 1. The van der Waals surface area contributed by atoms with Crippen LogP contribution in [-0.2, 0) is 0 Å². The van der Waals surface area contributed by atoms with Gasteiger partial charge in [-0.15, -0.1) is 0 Å². The zero-order chi connectivity index (χ0) is 11.0. The van der Waals surface area contributed by atoms with E-state index in [0.717, 1.165) is 4.57 Å². The van der Waals surface area contributed by atoms with Gasteiger partial charge in [0, 0.05) is 0 Å². The molecule has 0 aliphatic heterocycles. The van der Waals surface area contributed by atoms with Crippen LogP contribution in [0.5, 0.6) is 0 Å². The van der Waals surface area contributed by atoms with E-state index >= 15 is 0 Å². The second-order valence-corrected chi connectivity index (χ2v) is 3.10. The molecule has 78 valence electrons. The van der Waals surface area contributed by atoms with Gasteiger partial charge in [0.05, 0.1) is 11.9 Å². The molecule has 0 radical (unpaired) electrons. The molecule has 2 aromatic rings. The standard InChI is InChI=1S/C8H9N5O2/c1-4-2-5(9)3-10-6(4)13-7(14)11-12-8(13)15/h2-3H,9H2,1H3,(H,11,14)(H,12,15). The lowest BCUT2D eigenvalue weighted by Gasteiger charge is -2.03. The van der Waals surface area contributed by atoms with Crippen molar-refractivity contribution in [1.29, 1.82) is 0 Å². The molecule has 0 atom stereocenters. The monoisotopic (exact) mass is 207 g/mol. The van der Waals surface area contributed by atoms with Crippen molar-refractivity contribution >= 4 is 5.69 Å². The van der Waals surface area contributed by atoms with Crippen LogP contribution >= 0.6 is 0 Å². The van der Waals surface area contributed by atoms with Gasteiger partial charge in [0.25, 0.3) is 0 Å². The van der Waals surface area contributed by atoms with E-state index in [4.69, 9.17) is 5.73 Å². The molecular formula is C8H9N5O2. The summed E-state index contributed by atoms with van der Waals surface area (Å²) in [5.74, 6) is 0.275. The first kappa shape index (κ1) is 9.25. The molecule has 0 saturated heterocycles. The zero-order valence-electron chi connectivity index (χ0n) is 7.94. The van der Waals surface area contributed by atoms with Crippen LogP contribution in [0.15, 0.2) is 21.9 Å². The number of aromatic nitrogens is 4. The Morgan fingerprint density at radius 1 is 1.33 bits per heavy atom. The Hall–Kier alpha value is -2.31. The van der Waals surface area contributed by atoms with E-state index in [2.05, 4.69) is 15.2 Å². The maximum Gasteiger partial charge on any atom is 0.350 e. The first-order valence-corrected chi connectivity index (χ1v) is 4.22. The first-order valence-electron chi connectivity index (χ1n) is 4.22. The van der Waals surface area contributed by atoms with Crippen LogP contribution in [0, 0.1) is 6.92 Å². The minimum atomic E-state index is -0.555. The van der Waals surface area contributed by atoms with Crippen LogP contribution in [0.2, 0.25) is 0 Å². The number of pyridine rings is 1. The fourth-order valence-electron chi connectivity index (χ4n) is 1.33. The highest BCUT2D eigenvalue weighted by Crippen LogP contribution is 2.09. The molecule has 0 bridgehead atoms. The van der Waals surface area contributed by atoms with Crippen LogP contribution < -0.4 is 17.1 Å². The Morgan fingerprint density at radius 3 is 2.47 bits per heavy atom. The smallest absolute Gasteiger partial charge is 0.350 e. The van der Waals surface area contributed by atoms with Crippen molar-refractivity contribution in [2.24, 2.45) is 0 Å². The average molecular weight is 207 g/mol. The second kappa shape index (κ2) is 3.12. The Morgan fingerprint density at radius 2 is 1.93 bits per heavy atom. The Bertz CT molecular complexity index is 578. The quantitative estimate of drug-likeness (QED) is 0.565. The van der Waals surface area contributed by atoms with Crippen molar-refractivity contribution < 1.29 is 0 Å². The van der Waals surface area contributed by atoms with Gasteiger partial charge in [-0.2, -0.15) is 4.57 Å². The van der Waals surface area contributed by atoms with Gasteiger partial charge in [0.1, 0.15) is 5.82 Å². The lowest BCUT2D eigenvalue weighted by Crippen LogP contribution is -2.26. The number of hydrogen-bond acceptors (Lipinski definition) is 4. The first-order chi connectivity index (χ1) is 7.09. The Labute approximate surface area is 83.6 Å². The van der Waals surface area contributed by atoms with Crippen LogP contribution in [0.4, 0.5) is 5.69 Å². The van der Waals surface area contributed by atoms with E-state index in [0.29, 0.717) is 11.3 Å². The number of H-pyrrole nitrogens is 2. The van der Waals surface area contributed by atoms with Gasteiger partial charge in [0.15, 0.2) is 0 Å². The second-order valence-electron chi connectivity index (χ2n) is 3.10. The average Bonchev–Trinajstić information content (AvgIpc) is 2.48. The number of nitrogen functional groups attached to an aromatic ring is 1. The third kappa shape index (κ3) is 1.43. The molecule has 7 nitrogen and oxygen atoms in total. The Balaban J connectivity index is 2.75. The molecule has 4 N–H and O–H groups in total. The molecule has 2 rings (SSSR count). The van der Waals surface area contributed by atoms with Crippen molar-refractivity contribution in [3.8, 4) is 5.82 Å². The molecule has 2 aromatic heterocycles. The molecule has 7 heteroatoms. The molecular weight excluding hydrogens is 198 g/mol. The molecule has 2 heterocycles. The zero-order valence-corrected chi connectivity index (χ0v) is 7.94. The molecule has 0 amide bonds. The van der Waals surface area contributed by atoms with E-state index in [1.54, 1.807) is 13.0 Å². The highest BCUT2D eigenvalue weighted by atomic mass is 16.2. The number of nitrogens with zero attached hydrogens (tertiary/aromatic N) is 2. The third-order valence-corrected chi connectivity index (χ3v) is 1.97. The SMILES string of the molecule is Cc1cc(N)cnc1-n1c(=O)[nH][nH]c1=O. The van der Waals surface area contributed by atoms with Crippen molar-refractivity contribution in [3.05, 3.63) is 38.8 Å². The predicted octanol–water partition coefficient (Wildman–Crippen LogP) is -0.860. The summed E-state index contributed by atoms with van der Waals surface area (Å²) >= 11 is 0. The van der Waals surface area contributed by atoms with E-state index in [1.165, 1.54) is 6.20 Å². The topological polar surface area (TPSA) is 110 Å². The van der Waals surface area contributed by atoms with Gasteiger partial charge in [0.2, 0.25) is 0 Å². The summed E-state index contributed by atoms with van der Waals surface area (Å²) in [5.41, 5.74) is 5.54. The third-order valence-electron chi connectivity index (χ3n) is 1.97. The van der Waals surface area contributed by atoms with Gasteiger partial charge in [-0.3, -0.25) is 0 Å². The lowest BCUT2D eigenvalue weighted by molar-refractivity contribution is 0.897. The summed E-state index contributed by atoms with van der Waals surface area (Å²) in [6.07, 6.45) is 1.39. The van der Waals surface area contributed by atoms with Crippen LogP contribution in [0.1, 0.15) is 5.56 Å². The largest absolute Gasteiger partial charge is 0.397 e. The summed E-state index contributed by atoms with van der Waals surface area (Å²) in [6, 6.07) is 1.64. The molecule has 0 aliphatic carbocycles. The van der Waals surface area contributed by atoms with Crippen LogP contribution in [0.3, 0.4) is 0 Å². The molecule has 0 aromatic carbocycles. The highest BCUT2D eigenvalue weighted by Gasteiger charge is 2.09. The summed E-state index contributed by atoms with van der Waals surface area (Å²) in [7, 11) is 0. The fraction of sp³-hybridized carbons (Fsp3) is 0.125. The van der Waals surface area contributed by atoms with Gasteiger partial charge in [-0.05, 0) is 18.6 Å². The molecule has 0 fully saturated rings. The molecule has 0 saturated carbocycles. The number of anilines is 1. The maximum absolute atomic E-state index is 11.3. The van der Waals surface area contributed by atoms with Gasteiger partial charge in [-0.25, -0.2) is 24.8 Å². The van der Waals surface area contributed by atoms with E-state index in [9.17, 15) is 9.59 Å². The van der Waals surface area contributed by atoms with Crippen molar-refractivity contribution in [3.63, 3.8) is 0 Å². The van der Waals surface area contributed by atoms with E-state index in [1.807, 2.05) is 0 Å².